The highest BCUT2D eigenvalue weighted by atomic mass is 31.1. The zero-order valence-corrected chi connectivity index (χ0v) is 8.59. The summed E-state index contributed by atoms with van der Waals surface area (Å²) in [5.74, 6) is 0. The lowest BCUT2D eigenvalue weighted by Gasteiger charge is -2.04. The minimum Gasteiger partial charge on any atom is -0.372 e. The van der Waals surface area contributed by atoms with Gasteiger partial charge in [-0.15, -0.1) is 0 Å². The minimum absolute atomic E-state index is 0.0711. The lowest BCUT2D eigenvalue weighted by atomic mass is 10.1. The van der Waals surface area contributed by atoms with Crippen molar-refractivity contribution >= 4 is 14.1 Å². The van der Waals surface area contributed by atoms with Gasteiger partial charge in [-0.25, -0.2) is 0 Å². The van der Waals surface area contributed by atoms with Crippen LogP contribution >= 0.6 is 8.81 Å². The van der Waals surface area contributed by atoms with Crippen molar-refractivity contribution < 1.29 is 4.89 Å². The largest absolute Gasteiger partial charge is 0.372 e. The van der Waals surface area contributed by atoms with Crippen molar-refractivity contribution in [3.63, 3.8) is 0 Å². The van der Waals surface area contributed by atoms with E-state index in [1.54, 1.807) is 0 Å². The standard InChI is InChI=1S/C10H15OP/c1-3-8-5-9(4-2)7-10(6-8)12-11/h5-7,11-12H,3-4H2,1-2H3. The van der Waals surface area contributed by atoms with E-state index in [4.69, 9.17) is 4.89 Å². The van der Waals surface area contributed by atoms with Crippen LogP contribution in [0.1, 0.15) is 25.0 Å². The van der Waals surface area contributed by atoms with Gasteiger partial charge in [0.2, 0.25) is 0 Å². The van der Waals surface area contributed by atoms with Gasteiger partial charge in [0.1, 0.15) is 0 Å². The van der Waals surface area contributed by atoms with E-state index in [0.717, 1.165) is 18.1 Å². The zero-order chi connectivity index (χ0) is 8.97. The first-order valence-corrected chi connectivity index (χ1v) is 5.27. The van der Waals surface area contributed by atoms with Crippen LogP contribution in [0.5, 0.6) is 0 Å². The Morgan fingerprint density at radius 2 is 1.58 bits per heavy atom. The van der Waals surface area contributed by atoms with Gasteiger partial charge in [-0.2, -0.15) is 0 Å². The van der Waals surface area contributed by atoms with Gasteiger partial charge in [-0.3, -0.25) is 0 Å². The maximum absolute atomic E-state index is 9.01. The SMILES string of the molecule is CCc1cc(CC)cc(PO)c1. The molecular formula is C10H15OP. The molecule has 1 atom stereocenters. The molecule has 1 nitrogen and oxygen atoms in total. The Morgan fingerprint density at radius 3 is 1.92 bits per heavy atom. The van der Waals surface area contributed by atoms with Crippen LogP contribution in [0.2, 0.25) is 0 Å². The third-order valence-electron chi connectivity index (χ3n) is 2.00. The second-order valence-corrected chi connectivity index (χ2v) is 3.66. The Kier molecular flexibility index (Phi) is 3.71. The molecule has 0 aliphatic heterocycles. The van der Waals surface area contributed by atoms with E-state index in [9.17, 15) is 0 Å². The van der Waals surface area contributed by atoms with Crippen molar-refractivity contribution in [3.05, 3.63) is 29.3 Å². The van der Waals surface area contributed by atoms with Gasteiger partial charge in [0.05, 0.1) is 0 Å². The molecule has 0 aliphatic carbocycles. The Bertz CT molecular complexity index is 203. The second-order valence-electron chi connectivity index (χ2n) is 2.86. The predicted molar refractivity (Wildman–Crippen MR) is 55.4 cm³/mol. The first-order valence-electron chi connectivity index (χ1n) is 4.33. The van der Waals surface area contributed by atoms with Crippen LogP contribution in [-0.4, -0.2) is 4.89 Å². The summed E-state index contributed by atoms with van der Waals surface area (Å²) in [6.45, 7) is 4.28. The van der Waals surface area contributed by atoms with Crippen molar-refractivity contribution in [2.24, 2.45) is 0 Å². The maximum Gasteiger partial charge on any atom is 0.0420 e. The van der Waals surface area contributed by atoms with E-state index in [0.29, 0.717) is 0 Å². The lowest BCUT2D eigenvalue weighted by molar-refractivity contribution is 0.655. The van der Waals surface area contributed by atoms with E-state index in [1.165, 1.54) is 11.1 Å². The van der Waals surface area contributed by atoms with E-state index in [1.807, 2.05) is 0 Å². The molecule has 0 spiro atoms. The van der Waals surface area contributed by atoms with Gasteiger partial charge >= 0.3 is 0 Å². The van der Waals surface area contributed by atoms with Gasteiger partial charge < -0.3 is 4.89 Å². The van der Waals surface area contributed by atoms with Crippen molar-refractivity contribution in [1.29, 1.82) is 0 Å². The van der Waals surface area contributed by atoms with Crippen LogP contribution in [-0.2, 0) is 12.8 Å². The normalized spacial score (nSPS) is 11.2. The molecule has 0 saturated carbocycles. The van der Waals surface area contributed by atoms with Crippen LogP contribution in [0.3, 0.4) is 0 Å². The van der Waals surface area contributed by atoms with Crippen LogP contribution < -0.4 is 5.30 Å². The molecule has 0 amide bonds. The fourth-order valence-electron chi connectivity index (χ4n) is 1.24. The van der Waals surface area contributed by atoms with Gasteiger partial charge in [-0.1, -0.05) is 19.9 Å². The topological polar surface area (TPSA) is 20.2 Å². The Hall–Kier alpha value is -0.390. The molecule has 12 heavy (non-hydrogen) atoms. The second kappa shape index (κ2) is 4.59. The average Bonchev–Trinajstić information content (AvgIpc) is 2.16. The number of rotatable bonds is 3. The van der Waals surface area contributed by atoms with Crippen LogP contribution in [0, 0.1) is 0 Å². The molecule has 0 bridgehead atoms. The molecular weight excluding hydrogens is 167 g/mol. The molecule has 0 heterocycles. The van der Waals surface area contributed by atoms with Gasteiger partial charge in [0, 0.05) is 8.81 Å². The third-order valence-corrected chi connectivity index (χ3v) is 2.55. The summed E-state index contributed by atoms with van der Waals surface area (Å²) in [6, 6.07) is 6.37. The first kappa shape index (κ1) is 9.70. The van der Waals surface area contributed by atoms with Gasteiger partial charge in [0.15, 0.2) is 0 Å². The molecule has 0 aromatic heterocycles. The predicted octanol–water partition coefficient (Wildman–Crippen LogP) is 2.02. The average molecular weight is 182 g/mol. The highest BCUT2D eigenvalue weighted by molar-refractivity contribution is 7.40. The smallest absolute Gasteiger partial charge is 0.0420 e. The van der Waals surface area contributed by atoms with Crippen LogP contribution in [0.25, 0.3) is 0 Å². The van der Waals surface area contributed by atoms with Crippen molar-refractivity contribution in [2.75, 3.05) is 0 Å². The van der Waals surface area contributed by atoms with E-state index in [2.05, 4.69) is 32.0 Å². The Balaban J connectivity index is 3.01. The number of aryl methyl sites for hydroxylation is 2. The van der Waals surface area contributed by atoms with E-state index < -0.39 is 0 Å². The summed E-state index contributed by atoms with van der Waals surface area (Å²) in [5.41, 5.74) is 2.65. The Labute approximate surface area is 75.7 Å². The summed E-state index contributed by atoms with van der Waals surface area (Å²) in [7, 11) is -0.0711. The molecule has 0 radical (unpaired) electrons. The van der Waals surface area contributed by atoms with Gasteiger partial charge in [-0.05, 0) is 41.4 Å². The van der Waals surface area contributed by atoms with Crippen molar-refractivity contribution in [3.8, 4) is 0 Å². The quantitative estimate of drug-likeness (QED) is 0.709. The minimum atomic E-state index is -0.0711. The summed E-state index contributed by atoms with van der Waals surface area (Å²) in [4.78, 5) is 9.01. The summed E-state index contributed by atoms with van der Waals surface area (Å²) >= 11 is 0. The summed E-state index contributed by atoms with van der Waals surface area (Å²) < 4.78 is 0. The molecule has 1 unspecified atom stereocenters. The lowest BCUT2D eigenvalue weighted by Crippen LogP contribution is -1.99. The molecule has 1 aromatic rings. The molecule has 1 N–H and O–H groups in total. The zero-order valence-electron chi connectivity index (χ0n) is 7.59. The molecule has 1 aromatic carbocycles. The summed E-state index contributed by atoms with van der Waals surface area (Å²) in [6.07, 6.45) is 2.09. The highest BCUT2D eigenvalue weighted by Crippen LogP contribution is 2.11. The first-order chi connectivity index (χ1) is 5.80. The van der Waals surface area contributed by atoms with Crippen molar-refractivity contribution in [1.82, 2.24) is 0 Å². The van der Waals surface area contributed by atoms with E-state index >= 15 is 0 Å². The summed E-state index contributed by atoms with van der Waals surface area (Å²) in [5, 5.41) is 1.06. The molecule has 0 saturated heterocycles. The molecule has 1 rings (SSSR count). The van der Waals surface area contributed by atoms with Crippen molar-refractivity contribution in [2.45, 2.75) is 26.7 Å². The number of hydrogen-bond donors (Lipinski definition) is 1. The Morgan fingerprint density at radius 1 is 1.08 bits per heavy atom. The third kappa shape index (κ3) is 2.30. The molecule has 0 aliphatic rings. The number of benzene rings is 1. The molecule has 2 heteroatoms. The van der Waals surface area contributed by atoms with Crippen LogP contribution in [0.4, 0.5) is 0 Å². The molecule has 66 valence electrons. The molecule has 0 fully saturated rings. The fraction of sp³-hybridized carbons (Fsp3) is 0.400. The van der Waals surface area contributed by atoms with Crippen LogP contribution in [0.15, 0.2) is 18.2 Å². The van der Waals surface area contributed by atoms with E-state index in [-0.39, 0.29) is 8.81 Å². The van der Waals surface area contributed by atoms with Gasteiger partial charge in [0.25, 0.3) is 0 Å². The fourth-order valence-corrected chi connectivity index (χ4v) is 1.74. The number of hydrogen-bond acceptors (Lipinski definition) is 1. The maximum atomic E-state index is 9.01. The monoisotopic (exact) mass is 182 g/mol. The highest BCUT2D eigenvalue weighted by Gasteiger charge is 1.97.